The van der Waals surface area contributed by atoms with Gasteiger partial charge in [0.05, 0.1) is 5.71 Å². The molecule has 0 saturated heterocycles. The van der Waals surface area contributed by atoms with E-state index in [0.29, 0.717) is 0 Å². The number of hydrogen-bond acceptors (Lipinski definition) is 2. The molecule has 0 bridgehead atoms. The van der Waals surface area contributed by atoms with Gasteiger partial charge in [-0.1, -0.05) is 49.3 Å². The first-order valence-corrected chi connectivity index (χ1v) is 6.12. The first-order chi connectivity index (χ1) is 8.24. The summed E-state index contributed by atoms with van der Waals surface area (Å²) in [5, 5.41) is 0. The molecule has 0 N–H and O–H groups in total. The SMILES string of the molecule is CC1=CCC=CC=C1.CCCC(C=NC)=NC. The largest absolute Gasteiger partial charge is 0.295 e. The molecule has 0 atom stereocenters. The van der Waals surface area contributed by atoms with Crippen LogP contribution in [0.5, 0.6) is 0 Å². The zero-order valence-corrected chi connectivity index (χ0v) is 11.5. The Morgan fingerprint density at radius 2 is 2.12 bits per heavy atom. The predicted molar refractivity (Wildman–Crippen MR) is 79.3 cm³/mol. The lowest BCUT2D eigenvalue weighted by Gasteiger charge is -1.92. The highest BCUT2D eigenvalue weighted by molar-refractivity contribution is 6.30. The van der Waals surface area contributed by atoms with Gasteiger partial charge in [-0.05, 0) is 19.8 Å². The Morgan fingerprint density at radius 3 is 2.71 bits per heavy atom. The van der Waals surface area contributed by atoms with Gasteiger partial charge in [-0.25, -0.2) is 0 Å². The van der Waals surface area contributed by atoms with E-state index in [9.17, 15) is 0 Å². The number of nitrogens with zero attached hydrogens (tertiary/aromatic N) is 2. The number of rotatable bonds is 3. The molecule has 2 heteroatoms. The molecule has 0 fully saturated rings. The van der Waals surface area contributed by atoms with Crippen LogP contribution >= 0.6 is 0 Å². The molecule has 0 radical (unpaired) electrons. The maximum atomic E-state index is 4.03. The van der Waals surface area contributed by atoms with Gasteiger partial charge in [-0.3, -0.25) is 9.98 Å². The van der Waals surface area contributed by atoms with E-state index in [2.05, 4.69) is 54.2 Å². The highest BCUT2D eigenvalue weighted by Crippen LogP contribution is 2.02. The van der Waals surface area contributed by atoms with E-state index in [1.165, 1.54) is 5.57 Å². The fraction of sp³-hybridized carbons (Fsp3) is 0.467. The summed E-state index contributed by atoms with van der Waals surface area (Å²) >= 11 is 0. The van der Waals surface area contributed by atoms with E-state index in [1.54, 1.807) is 14.1 Å². The van der Waals surface area contributed by atoms with Crippen molar-refractivity contribution in [2.24, 2.45) is 9.98 Å². The Balaban J connectivity index is 0.000000302. The van der Waals surface area contributed by atoms with Crippen molar-refractivity contribution in [3.8, 4) is 0 Å². The van der Waals surface area contributed by atoms with Gasteiger partial charge in [0.25, 0.3) is 0 Å². The van der Waals surface area contributed by atoms with Gasteiger partial charge in [0, 0.05) is 20.3 Å². The lowest BCUT2D eigenvalue weighted by Crippen LogP contribution is -1.97. The van der Waals surface area contributed by atoms with Crippen LogP contribution in [0.1, 0.15) is 33.1 Å². The minimum absolute atomic E-state index is 1.04. The molecule has 0 saturated carbocycles. The molecule has 2 nitrogen and oxygen atoms in total. The van der Waals surface area contributed by atoms with Crippen molar-refractivity contribution < 1.29 is 0 Å². The number of hydrogen-bond donors (Lipinski definition) is 0. The van der Waals surface area contributed by atoms with Crippen LogP contribution in [0.3, 0.4) is 0 Å². The van der Waals surface area contributed by atoms with E-state index < -0.39 is 0 Å². The quantitative estimate of drug-likeness (QED) is 0.657. The summed E-state index contributed by atoms with van der Waals surface area (Å²) in [6.07, 6.45) is 15.7. The molecule has 17 heavy (non-hydrogen) atoms. The molecule has 0 heterocycles. The van der Waals surface area contributed by atoms with Gasteiger partial charge in [0.15, 0.2) is 0 Å². The van der Waals surface area contributed by atoms with Crippen molar-refractivity contribution in [1.82, 2.24) is 0 Å². The normalized spacial score (nSPS) is 15.3. The second-order valence-electron chi connectivity index (χ2n) is 3.82. The Bertz CT molecular complexity index is 328. The molecule has 0 aromatic carbocycles. The minimum atomic E-state index is 1.04. The number of aliphatic imine (C=N–C) groups is 2. The van der Waals surface area contributed by atoms with Gasteiger partial charge < -0.3 is 0 Å². The maximum absolute atomic E-state index is 4.03. The first kappa shape index (κ1) is 15.6. The van der Waals surface area contributed by atoms with Gasteiger partial charge in [0.1, 0.15) is 0 Å². The summed E-state index contributed by atoms with van der Waals surface area (Å²) in [6.45, 7) is 4.25. The maximum Gasteiger partial charge on any atom is 0.0522 e. The average molecular weight is 232 g/mol. The summed E-state index contributed by atoms with van der Waals surface area (Å²) in [6, 6.07) is 0. The van der Waals surface area contributed by atoms with E-state index in [4.69, 9.17) is 0 Å². The lowest BCUT2D eigenvalue weighted by molar-refractivity contribution is 0.998. The summed E-state index contributed by atoms with van der Waals surface area (Å²) in [7, 11) is 3.56. The molecule has 0 amide bonds. The standard InChI is InChI=1S/C8H10.C7H14N2/c1-8-6-4-2-3-5-7-8;1-4-5-7(9-3)6-8-2/h2-4,6-7H,5H2,1H3;6H,4-5H2,1-3H3. The van der Waals surface area contributed by atoms with Crippen LogP contribution in [0, 0.1) is 0 Å². The molecule has 1 aliphatic rings. The van der Waals surface area contributed by atoms with Crippen molar-refractivity contribution >= 4 is 11.9 Å². The van der Waals surface area contributed by atoms with Gasteiger partial charge in [0.2, 0.25) is 0 Å². The Hall–Kier alpha value is -1.44. The van der Waals surface area contributed by atoms with Gasteiger partial charge in [-0.2, -0.15) is 0 Å². The Morgan fingerprint density at radius 1 is 1.35 bits per heavy atom. The van der Waals surface area contributed by atoms with E-state index in [0.717, 1.165) is 25.0 Å². The molecule has 0 aromatic heterocycles. The van der Waals surface area contributed by atoms with Crippen LogP contribution in [-0.2, 0) is 0 Å². The van der Waals surface area contributed by atoms with Crippen molar-refractivity contribution in [1.29, 1.82) is 0 Å². The minimum Gasteiger partial charge on any atom is -0.295 e. The molecule has 0 unspecified atom stereocenters. The van der Waals surface area contributed by atoms with E-state index >= 15 is 0 Å². The topological polar surface area (TPSA) is 24.7 Å². The zero-order valence-electron chi connectivity index (χ0n) is 11.5. The van der Waals surface area contributed by atoms with Crippen molar-refractivity contribution in [3.63, 3.8) is 0 Å². The van der Waals surface area contributed by atoms with Crippen molar-refractivity contribution in [2.75, 3.05) is 14.1 Å². The molecular formula is C15H24N2. The molecule has 0 spiro atoms. The lowest BCUT2D eigenvalue weighted by atomic mass is 10.2. The van der Waals surface area contributed by atoms with E-state index in [-0.39, 0.29) is 0 Å². The summed E-state index contributed by atoms with van der Waals surface area (Å²) in [4.78, 5) is 7.90. The molecule has 1 rings (SSSR count). The fourth-order valence-corrected chi connectivity index (χ4v) is 1.33. The smallest absolute Gasteiger partial charge is 0.0522 e. The average Bonchev–Trinajstić information content (AvgIpc) is 2.57. The first-order valence-electron chi connectivity index (χ1n) is 6.12. The zero-order chi connectivity index (χ0) is 12.9. The summed E-state index contributed by atoms with van der Waals surface area (Å²) in [5.74, 6) is 0. The van der Waals surface area contributed by atoms with Crippen LogP contribution < -0.4 is 0 Å². The third-order valence-electron chi connectivity index (χ3n) is 2.25. The van der Waals surface area contributed by atoms with Crippen LogP contribution in [0.2, 0.25) is 0 Å². The van der Waals surface area contributed by atoms with E-state index in [1.807, 2.05) is 6.21 Å². The summed E-state index contributed by atoms with van der Waals surface area (Å²) in [5.41, 5.74) is 2.44. The third-order valence-corrected chi connectivity index (χ3v) is 2.25. The second kappa shape index (κ2) is 11.1. The van der Waals surface area contributed by atoms with Crippen molar-refractivity contribution in [2.45, 2.75) is 33.1 Å². The van der Waals surface area contributed by atoms with Crippen LogP contribution in [-0.4, -0.2) is 26.0 Å². The highest BCUT2D eigenvalue weighted by atomic mass is 14.7. The molecule has 0 aromatic rings. The monoisotopic (exact) mass is 232 g/mol. The number of allylic oxidation sites excluding steroid dienone is 6. The highest BCUT2D eigenvalue weighted by Gasteiger charge is 1.88. The van der Waals surface area contributed by atoms with Crippen LogP contribution in [0.4, 0.5) is 0 Å². The summed E-state index contributed by atoms with van der Waals surface area (Å²) < 4.78 is 0. The molecule has 1 aliphatic carbocycles. The Kier molecular flexibility index (Phi) is 10.1. The van der Waals surface area contributed by atoms with Gasteiger partial charge in [-0.15, -0.1) is 0 Å². The fourth-order valence-electron chi connectivity index (χ4n) is 1.33. The van der Waals surface area contributed by atoms with Crippen LogP contribution in [0.25, 0.3) is 0 Å². The molecular weight excluding hydrogens is 208 g/mol. The second-order valence-corrected chi connectivity index (χ2v) is 3.82. The Labute approximate surface area is 106 Å². The van der Waals surface area contributed by atoms with Gasteiger partial charge >= 0.3 is 0 Å². The third kappa shape index (κ3) is 9.49. The molecule has 0 aliphatic heterocycles. The van der Waals surface area contributed by atoms with Crippen molar-refractivity contribution in [3.05, 3.63) is 36.0 Å². The van der Waals surface area contributed by atoms with Crippen LogP contribution in [0.15, 0.2) is 45.9 Å². The predicted octanol–water partition coefficient (Wildman–Crippen LogP) is 4.01. The molecule has 94 valence electrons.